The van der Waals surface area contributed by atoms with Crippen molar-refractivity contribution in [1.29, 1.82) is 0 Å². The largest absolute Gasteiger partial charge is 0.381 e. The van der Waals surface area contributed by atoms with Crippen molar-refractivity contribution in [1.82, 2.24) is 28.4 Å². The minimum atomic E-state index is -3.71. The number of hydrogen-bond donors (Lipinski definition) is 0. The van der Waals surface area contributed by atoms with E-state index in [0.717, 1.165) is 30.8 Å². The molecule has 0 N–H and O–H groups in total. The van der Waals surface area contributed by atoms with Gasteiger partial charge in [0.05, 0.1) is 40.6 Å². The molecule has 46 heavy (non-hydrogen) atoms. The molecule has 0 spiro atoms. The van der Waals surface area contributed by atoms with Crippen LogP contribution in [0.15, 0.2) is 78.0 Å². The summed E-state index contributed by atoms with van der Waals surface area (Å²) in [4.78, 5) is 30.5. The van der Waals surface area contributed by atoms with Gasteiger partial charge < -0.3 is 14.4 Å². The zero-order valence-electron chi connectivity index (χ0n) is 25.9. The number of hydrogen-bond acceptors (Lipinski definition) is 9. The van der Waals surface area contributed by atoms with Crippen molar-refractivity contribution in [3.63, 3.8) is 0 Å². The van der Waals surface area contributed by atoms with Crippen LogP contribution in [0.4, 0.5) is 0 Å². The van der Waals surface area contributed by atoms with E-state index in [1.54, 1.807) is 23.8 Å². The summed E-state index contributed by atoms with van der Waals surface area (Å²) < 4.78 is 41.1. The van der Waals surface area contributed by atoms with E-state index in [-0.39, 0.29) is 17.2 Å². The predicted molar refractivity (Wildman–Crippen MR) is 175 cm³/mol. The first kappa shape index (κ1) is 30.4. The summed E-state index contributed by atoms with van der Waals surface area (Å²) in [5.74, 6) is 0.578. The van der Waals surface area contributed by atoms with Gasteiger partial charge in [-0.05, 0) is 56.1 Å². The Labute approximate surface area is 267 Å². The molecular weight excluding hydrogens is 604 g/mol. The highest BCUT2D eigenvalue weighted by Crippen LogP contribution is 2.28. The van der Waals surface area contributed by atoms with Crippen molar-refractivity contribution in [3.8, 4) is 16.9 Å². The molecule has 11 nitrogen and oxygen atoms in total. The predicted octanol–water partition coefficient (Wildman–Crippen LogP) is 3.90. The SMILES string of the molecule is Cc1c(-c2cc3cnc(Cc4ccc(C5CN(C)CCO5)cc4)nc3n(-c3ccccc3)c2=O)ncn1S(=O)(=O)C1CCOCC1. The number of rotatable bonds is 7. The fourth-order valence-corrected chi connectivity index (χ4v) is 8.02. The van der Waals surface area contributed by atoms with E-state index in [9.17, 15) is 13.2 Å². The van der Waals surface area contributed by atoms with Gasteiger partial charge in [-0.3, -0.25) is 9.36 Å². The normalized spacial score (nSPS) is 18.3. The molecule has 3 aromatic heterocycles. The summed E-state index contributed by atoms with van der Waals surface area (Å²) in [6.07, 6.45) is 4.39. The van der Waals surface area contributed by atoms with Gasteiger partial charge in [-0.25, -0.2) is 27.3 Å². The maximum Gasteiger partial charge on any atom is 0.266 e. The number of likely N-dealkylation sites (N-methyl/N-ethyl adjacent to an activating group) is 1. The molecule has 12 heteroatoms. The maximum atomic E-state index is 14.2. The summed E-state index contributed by atoms with van der Waals surface area (Å²) >= 11 is 0. The van der Waals surface area contributed by atoms with E-state index < -0.39 is 15.3 Å². The average Bonchev–Trinajstić information content (AvgIpc) is 3.47. The van der Waals surface area contributed by atoms with E-state index in [1.165, 1.54) is 10.3 Å². The van der Waals surface area contributed by atoms with Crippen LogP contribution in [0.3, 0.4) is 0 Å². The average molecular weight is 641 g/mol. The maximum absolute atomic E-state index is 14.2. The third-order valence-corrected chi connectivity index (χ3v) is 11.1. The van der Waals surface area contributed by atoms with Crippen molar-refractivity contribution >= 4 is 21.1 Å². The van der Waals surface area contributed by atoms with Gasteiger partial charge in [-0.2, -0.15) is 0 Å². The number of para-hydroxylation sites is 1. The molecule has 2 saturated heterocycles. The third kappa shape index (κ3) is 5.77. The zero-order chi connectivity index (χ0) is 31.8. The van der Waals surface area contributed by atoms with Crippen LogP contribution in [0.25, 0.3) is 28.0 Å². The molecule has 1 atom stereocenters. The first-order valence-electron chi connectivity index (χ1n) is 15.5. The Morgan fingerprint density at radius 2 is 1.74 bits per heavy atom. The monoisotopic (exact) mass is 640 g/mol. The molecule has 2 aliphatic rings. The van der Waals surface area contributed by atoms with Crippen molar-refractivity contribution in [2.75, 3.05) is 40.0 Å². The number of morpholine rings is 1. The number of ether oxygens (including phenoxy) is 2. The topological polar surface area (TPSA) is 121 Å². The summed E-state index contributed by atoms with van der Waals surface area (Å²) in [7, 11) is -1.61. The number of fused-ring (bicyclic) bond motifs is 1. The zero-order valence-corrected chi connectivity index (χ0v) is 26.7. The van der Waals surface area contributed by atoms with Crippen LogP contribution in [0, 0.1) is 6.92 Å². The molecule has 0 radical (unpaired) electrons. The summed E-state index contributed by atoms with van der Waals surface area (Å²) in [5.41, 5.74) is 3.91. The quantitative estimate of drug-likeness (QED) is 0.261. The highest BCUT2D eigenvalue weighted by Gasteiger charge is 2.32. The van der Waals surface area contributed by atoms with Gasteiger partial charge in [-0.1, -0.05) is 42.5 Å². The molecule has 5 heterocycles. The lowest BCUT2D eigenvalue weighted by Crippen LogP contribution is -2.35. The lowest BCUT2D eigenvalue weighted by atomic mass is 10.0. The number of pyridine rings is 1. The lowest BCUT2D eigenvalue weighted by Gasteiger charge is -2.30. The number of nitrogens with zero attached hydrogens (tertiary/aromatic N) is 6. The smallest absolute Gasteiger partial charge is 0.266 e. The Balaban J connectivity index is 1.26. The van der Waals surface area contributed by atoms with Crippen molar-refractivity contribution in [2.45, 2.75) is 37.5 Å². The van der Waals surface area contributed by atoms with Gasteiger partial charge in [0.15, 0.2) is 5.65 Å². The molecule has 0 bridgehead atoms. The van der Waals surface area contributed by atoms with E-state index in [2.05, 4.69) is 46.2 Å². The van der Waals surface area contributed by atoms with Crippen molar-refractivity contribution in [2.24, 2.45) is 0 Å². The first-order chi connectivity index (χ1) is 22.3. The summed E-state index contributed by atoms with van der Waals surface area (Å²) in [6, 6.07) is 19.3. The number of imidazole rings is 1. The molecule has 0 aliphatic carbocycles. The minimum Gasteiger partial charge on any atom is -0.381 e. The molecule has 2 fully saturated rings. The highest BCUT2D eigenvalue weighted by molar-refractivity contribution is 7.90. The van der Waals surface area contributed by atoms with Crippen LogP contribution in [-0.4, -0.2) is 82.0 Å². The highest BCUT2D eigenvalue weighted by atomic mass is 32.2. The second kappa shape index (κ2) is 12.5. The van der Waals surface area contributed by atoms with Gasteiger partial charge in [0.25, 0.3) is 5.56 Å². The molecule has 2 aromatic carbocycles. The van der Waals surface area contributed by atoms with E-state index in [0.29, 0.717) is 66.4 Å². The van der Waals surface area contributed by atoms with Crippen molar-refractivity contribution in [3.05, 3.63) is 106 Å². The molecular formula is C34H36N6O5S. The Bertz CT molecular complexity index is 2040. The third-order valence-electron chi connectivity index (χ3n) is 8.87. The second-order valence-electron chi connectivity index (χ2n) is 12.0. The molecule has 2 aliphatic heterocycles. The fourth-order valence-electron chi connectivity index (χ4n) is 6.27. The molecule has 1 unspecified atom stereocenters. The van der Waals surface area contributed by atoms with Crippen molar-refractivity contribution < 1.29 is 17.9 Å². The lowest BCUT2D eigenvalue weighted by molar-refractivity contribution is -0.0209. The number of benzene rings is 2. The molecule has 238 valence electrons. The van der Waals surface area contributed by atoms with Crippen LogP contribution in [0.1, 0.15) is 41.6 Å². The minimum absolute atomic E-state index is 0.0521. The Morgan fingerprint density at radius 3 is 2.48 bits per heavy atom. The molecule has 0 saturated carbocycles. The second-order valence-corrected chi connectivity index (χ2v) is 14.1. The van der Waals surface area contributed by atoms with Crippen LogP contribution >= 0.6 is 0 Å². The molecule has 5 aromatic rings. The van der Waals surface area contributed by atoms with Gasteiger partial charge in [0.1, 0.15) is 12.2 Å². The number of aromatic nitrogens is 5. The standard InChI is InChI=1S/C34H36N6O5S/c1-23-32(36-22-39(23)46(42,43)28-12-15-44-16-13-28)29-19-26-20-35-31(37-33(26)40(34(29)41)27-6-4-3-5-7-27)18-24-8-10-25(11-9-24)30-21-38(2)14-17-45-30/h3-11,19-20,22,28,30H,12-18,21H2,1-2H3. The van der Waals surface area contributed by atoms with Crippen LogP contribution < -0.4 is 5.56 Å². The Hall–Kier alpha value is -4.23. The Kier molecular flexibility index (Phi) is 8.28. The van der Waals surface area contributed by atoms with Crippen LogP contribution in [-0.2, 0) is 25.9 Å². The van der Waals surface area contributed by atoms with E-state index in [4.69, 9.17) is 14.5 Å². The van der Waals surface area contributed by atoms with Gasteiger partial charge in [-0.15, -0.1) is 0 Å². The van der Waals surface area contributed by atoms with E-state index >= 15 is 0 Å². The first-order valence-corrected chi connectivity index (χ1v) is 17.0. The van der Waals surface area contributed by atoms with E-state index in [1.807, 2.05) is 30.3 Å². The van der Waals surface area contributed by atoms with Crippen LogP contribution in [0.2, 0.25) is 0 Å². The fraction of sp³-hybridized carbons (Fsp3) is 0.353. The molecule has 7 rings (SSSR count). The Morgan fingerprint density at radius 1 is 0.978 bits per heavy atom. The summed E-state index contributed by atoms with van der Waals surface area (Å²) in [5, 5.41) is 0.0715. The van der Waals surface area contributed by atoms with Gasteiger partial charge in [0.2, 0.25) is 10.0 Å². The molecule has 0 amide bonds. The summed E-state index contributed by atoms with van der Waals surface area (Å²) in [6.45, 7) is 4.99. The van der Waals surface area contributed by atoms with Gasteiger partial charge >= 0.3 is 0 Å². The van der Waals surface area contributed by atoms with Crippen LogP contribution in [0.5, 0.6) is 0 Å². The van der Waals surface area contributed by atoms with Gasteiger partial charge in [0, 0.05) is 44.3 Å².